The van der Waals surface area contributed by atoms with Crippen LogP contribution in [0.25, 0.3) is 10.6 Å². The van der Waals surface area contributed by atoms with Crippen LogP contribution in [0.15, 0.2) is 48.5 Å². The van der Waals surface area contributed by atoms with Gasteiger partial charge in [-0.3, -0.25) is 0 Å². The molecule has 0 saturated carbocycles. The topological polar surface area (TPSA) is 43.6 Å². The lowest BCUT2D eigenvalue weighted by molar-refractivity contribution is 0.332. The highest BCUT2D eigenvalue weighted by molar-refractivity contribution is 7.13. The van der Waals surface area contributed by atoms with Crippen LogP contribution in [0, 0.1) is 5.92 Å². The van der Waals surface area contributed by atoms with E-state index in [0.29, 0.717) is 5.92 Å². The molecule has 1 atom stereocenters. The molecule has 0 spiro atoms. The van der Waals surface area contributed by atoms with Crippen molar-refractivity contribution in [2.45, 2.75) is 32.7 Å². The predicted molar refractivity (Wildman–Crippen MR) is 89.8 cm³/mol. The van der Waals surface area contributed by atoms with Crippen LogP contribution in [0.5, 0.6) is 0 Å². The zero-order chi connectivity index (χ0) is 15.4. The van der Waals surface area contributed by atoms with Gasteiger partial charge in [-0.25, -0.2) is 14.6 Å². The van der Waals surface area contributed by atoms with Gasteiger partial charge >= 0.3 is 0 Å². The van der Waals surface area contributed by atoms with Crippen LogP contribution in [0.2, 0.25) is 0 Å². The summed E-state index contributed by atoms with van der Waals surface area (Å²) in [6.45, 7) is 4.48. The van der Waals surface area contributed by atoms with Crippen molar-refractivity contribution < 1.29 is 0 Å². The number of benzene rings is 1. The van der Waals surface area contributed by atoms with Crippen molar-refractivity contribution in [2.24, 2.45) is 5.92 Å². The van der Waals surface area contributed by atoms with Crippen LogP contribution in [0.1, 0.15) is 38.3 Å². The lowest BCUT2D eigenvalue weighted by Crippen LogP contribution is -2.20. The summed E-state index contributed by atoms with van der Waals surface area (Å²) in [5.74, 6) is 0.549. The molecule has 0 saturated heterocycles. The zero-order valence-corrected chi connectivity index (χ0v) is 13.7. The molecule has 4 nitrogen and oxygen atoms in total. The molecule has 0 aliphatic carbocycles. The van der Waals surface area contributed by atoms with Crippen LogP contribution in [-0.4, -0.2) is 19.7 Å². The van der Waals surface area contributed by atoms with Gasteiger partial charge in [-0.1, -0.05) is 51.0 Å². The SMILES string of the molecule is CCC(CC)C(c1ccc(-c2nccs2)cc1)n1cncn1. The van der Waals surface area contributed by atoms with E-state index in [0.717, 1.165) is 17.8 Å². The van der Waals surface area contributed by atoms with E-state index in [-0.39, 0.29) is 6.04 Å². The molecule has 0 aliphatic rings. The van der Waals surface area contributed by atoms with Crippen LogP contribution in [-0.2, 0) is 0 Å². The third-order valence-corrected chi connectivity index (χ3v) is 4.97. The Morgan fingerprint density at radius 3 is 2.45 bits per heavy atom. The molecule has 0 radical (unpaired) electrons. The Hall–Kier alpha value is -2.01. The highest BCUT2D eigenvalue weighted by atomic mass is 32.1. The van der Waals surface area contributed by atoms with E-state index in [1.807, 2.05) is 22.6 Å². The minimum atomic E-state index is 0.239. The molecule has 1 aromatic carbocycles. The fourth-order valence-electron chi connectivity index (χ4n) is 2.93. The monoisotopic (exact) mass is 312 g/mol. The van der Waals surface area contributed by atoms with Crippen molar-refractivity contribution in [3.05, 3.63) is 54.1 Å². The lowest BCUT2D eigenvalue weighted by atomic mass is 9.88. The van der Waals surface area contributed by atoms with Gasteiger partial charge < -0.3 is 0 Å². The van der Waals surface area contributed by atoms with Gasteiger partial charge in [-0.15, -0.1) is 11.3 Å². The maximum Gasteiger partial charge on any atom is 0.137 e. The predicted octanol–water partition coefficient (Wildman–Crippen LogP) is 4.43. The van der Waals surface area contributed by atoms with Crippen molar-refractivity contribution >= 4 is 11.3 Å². The average Bonchev–Trinajstić information content (AvgIpc) is 3.26. The normalized spacial score (nSPS) is 12.7. The Bertz CT molecular complexity index is 670. The number of aromatic nitrogens is 4. The van der Waals surface area contributed by atoms with Crippen molar-refractivity contribution in [2.75, 3.05) is 0 Å². The molecule has 0 bridgehead atoms. The fourth-order valence-corrected chi connectivity index (χ4v) is 3.57. The second-order valence-corrected chi connectivity index (χ2v) is 6.25. The summed E-state index contributed by atoms with van der Waals surface area (Å²) in [6, 6.07) is 8.94. The Balaban J connectivity index is 1.94. The smallest absolute Gasteiger partial charge is 0.137 e. The van der Waals surface area contributed by atoms with Crippen LogP contribution >= 0.6 is 11.3 Å². The minimum Gasteiger partial charge on any atom is -0.245 e. The Morgan fingerprint density at radius 2 is 1.91 bits per heavy atom. The van der Waals surface area contributed by atoms with E-state index < -0.39 is 0 Å². The quantitative estimate of drug-likeness (QED) is 0.676. The van der Waals surface area contributed by atoms with Gasteiger partial charge in [0.25, 0.3) is 0 Å². The summed E-state index contributed by atoms with van der Waals surface area (Å²) in [7, 11) is 0. The summed E-state index contributed by atoms with van der Waals surface area (Å²) in [4.78, 5) is 8.49. The molecule has 0 amide bonds. The third kappa shape index (κ3) is 2.95. The van der Waals surface area contributed by atoms with Gasteiger partial charge in [0.15, 0.2) is 0 Å². The first-order valence-corrected chi connectivity index (χ1v) is 8.55. The first kappa shape index (κ1) is 14.9. The minimum absolute atomic E-state index is 0.239. The van der Waals surface area contributed by atoms with E-state index in [1.54, 1.807) is 17.7 Å². The summed E-state index contributed by atoms with van der Waals surface area (Å²) in [5, 5.41) is 7.44. The Labute approximate surface area is 134 Å². The molecular formula is C17H20N4S. The first-order valence-electron chi connectivity index (χ1n) is 7.67. The number of nitrogens with zero attached hydrogens (tertiary/aromatic N) is 4. The van der Waals surface area contributed by atoms with E-state index in [2.05, 4.69) is 53.2 Å². The molecule has 22 heavy (non-hydrogen) atoms. The van der Waals surface area contributed by atoms with Gasteiger partial charge in [-0.05, 0) is 11.5 Å². The zero-order valence-electron chi connectivity index (χ0n) is 12.9. The van der Waals surface area contributed by atoms with Crippen LogP contribution in [0.4, 0.5) is 0 Å². The molecule has 2 aromatic heterocycles. The number of thiazole rings is 1. The molecule has 0 aliphatic heterocycles. The van der Waals surface area contributed by atoms with Gasteiger partial charge in [0.1, 0.15) is 17.7 Å². The van der Waals surface area contributed by atoms with Gasteiger partial charge in [0, 0.05) is 17.1 Å². The second-order valence-electron chi connectivity index (χ2n) is 5.36. The van der Waals surface area contributed by atoms with Crippen LogP contribution in [0.3, 0.4) is 0 Å². The molecule has 3 aromatic rings. The molecule has 114 valence electrons. The molecule has 0 N–H and O–H groups in total. The van der Waals surface area contributed by atoms with Crippen molar-refractivity contribution in [3.63, 3.8) is 0 Å². The Kier molecular flexibility index (Phi) is 4.63. The van der Waals surface area contributed by atoms with E-state index in [9.17, 15) is 0 Å². The molecule has 5 heteroatoms. The third-order valence-electron chi connectivity index (χ3n) is 4.15. The Morgan fingerprint density at radius 1 is 1.14 bits per heavy atom. The summed E-state index contributed by atoms with van der Waals surface area (Å²) < 4.78 is 1.98. The molecule has 3 rings (SSSR count). The van der Waals surface area contributed by atoms with Gasteiger partial charge in [-0.2, -0.15) is 5.10 Å². The molecular weight excluding hydrogens is 292 g/mol. The standard InChI is InChI=1S/C17H20N4S/c1-3-13(4-2)16(21-12-18-11-20-21)14-5-7-15(8-6-14)17-19-9-10-22-17/h5-13,16H,3-4H2,1-2H3. The maximum atomic E-state index is 4.38. The fraction of sp³-hybridized carbons (Fsp3) is 0.353. The van der Waals surface area contributed by atoms with Crippen molar-refractivity contribution in [1.29, 1.82) is 0 Å². The largest absolute Gasteiger partial charge is 0.245 e. The van der Waals surface area contributed by atoms with Crippen molar-refractivity contribution in [1.82, 2.24) is 19.7 Å². The average molecular weight is 312 g/mol. The second kappa shape index (κ2) is 6.83. The maximum absolute atomic E-state index is 4.38. The lowest BCUT2D eigenvalue weighted by Gasteiger charge is -2.26. The number of hydrogen-bond acceptors (Lipinski definition) is 4. The highest BCUT2D eigenvalue weighted by Crippen LogP contribution is 2.32. The number of hydrogen-bond donors (Lipinski definition) is 0. The molecule has 0 fully saturated rings. The molecule has 2 heterocycles. The number of rotatable bonds is 6. The first-order chi connectivity index (χ1) is 10.8. The van der Waals surface area contributed by atoms with E-state index in [1.165, 1.54) is 11.1 Å². The van der Waals surface area contributed by atoms with Crippen molar-refractivity contribution in [3.8, 4) is 10.6 Å². The summed E-state index contributed by atoms with van der Waals surface area (Å²) >= 11 is 1.66. The molecule has 1 unspecified atom stereocenters. The van der Waals surface area contributed by atoms with E-state index in [4.69, 9.17) is 0 Å². The van der Waals surface area contributed by atoms with Gasteiger partial charge in [0.2, 0.25) is 0 Å². The summed E-state index contributed by atoms with van der Waals surface area (Å²) in [6.07, 6.45) is 7.51. The van der Waals surface area contributed by atoms with E-state index >= 15 is 0 Å². The highest BCUT2D eigenvalue weighted by Gasteiger charge is 2.23. The van der Waals surface area contributed by atoms with Gasteiger partial charge in [0.05, 0.1) is 6.04 Å². The van der Waals surface area contributed by atoms with Crippen LogP contribution < -0.4 is 0 Å². The summed E-state index contributed by atoms with van der Waals surface area (Å²) in [5.41, 5.74) is 2.44.